The molecule has 29 heavy (non-hydrogen) atoms. The zero-order chi connectivity index (χ0) is 21.5. The standard InChI is InChI=1S/C21H24N4O4/c1-21(2,3)18-6-11-5-13(19(23)24-10-22)17(29-4)7-12(11)15-8-16(26)14(20(27)28)9-25(15)18/h5,7-10,18H,6H2,1-4H3,(H,27,28)(H3,22,23,24). The number of aromatic nitrogens is 1. The van der Waals surface area contributed by atoms with Crippen molar-refractivity contribution in [3.05, 3.63) is 51.3 Å². The van der Waals surface area contributed by atoms with Crippen LogP contribution in [-0.2, 0) is 6.42 Å². The first-order valence-corrected chi connectivity index (χ1v) is 9.11. The van der Waals surface area contributed by atoms with Crippen molar-refractivity contribution in [2.24, 2.45) is 16.1 Å². The average molecular weight is 396 g/mol. The van der Waals surface area contributed by atoms with Crippen LogP contribution in [0.3, 0.4) is 0 Å². The van der Waals surface area contributed by atoms with Gasteiger partial charge in [-0.25, -0.2) is 9.79 Å². The third-order valence-corrected chi connectivity index (χ3v) is 5.24. The number of nitrogens with one attached hydrogen (secondary N) is 1. The van der Waals surface area contributed by atoms with Crippen LogP contribution in [0.25, 0.3) is 11.3 Å². The summed E-state index contributed by atoms with van der Waals surface area (Å²) in [6.45, 7) is 6.21. The molecule has 8 nitrogen and oxygen atoms in total. The number of carbonyl (C=O) groups is 1. The van der Waals surface area contributed by atoms with E-state index in [1.54, 1.807) is 6.07 Å². The Balaban J connectivity index is 2.35. The maximum Gasteiger partial charge on any atom is 0.341 e. The van der Waals surface area contributed by atoms with E-state index in [0.29, 0.717) is 23.4 Å². The molecular weight excluding hydrogens is 372 g/mol. The number of benzene rings is 1. The molecule has 0 fully saturated rings. The second-order valence-corrected chi connectivity index (χ2v) is 8.09. The van der Waals surface area contributed by atoms with Crippen LogP contribution in [-0.4, -0.2) is 34.9 Å². The van der Waals surface area contributed by atoms with Crippen LogP contribution in [0.15, 0.2) is 34.2 Å². The van der Waals surface area contributed by atoms with Crippen molar-refractivity contribution in [2.75, 3.05) is 7.11 Å². The minimum absolute atomic E-state index is 0.0779. The lowest BCUT2D eigenvalue weighted by molar-refractivity contribution is 0.0693. The molecule has 0 bridgehead atoms. The number of amidine groups is 1. The highest BCUT2D eigenvalue weighted by molar-refractivity contribution is 6.04. The fourth-order valence-corrected chi connectivity index (χ4v) is 3.75. The molecule has 0 saturated carbocycles. The third kappa shape index (κ3) is 3.53. The Morgan fingerprint density at radius 2 is 2.03 bits per heavy atom. The Bertz CT molecular complexity index is 1090. The average Bonchev–Trinajstić information content (AvgIpc) is 2.65. The molecule has 1 unspecified atom stereocenters. The van der Waals surface area contributed by atoms with Gasteiger partial charge in [0.1, 0.15) is 23.5 Å². The molecule has 0 aliphatic carbocycles. The lowest BCUT2D eigenvalue weighted by atomic mass is 9.78. The smallest absolute Gasteiger partial charge is 0.341 e. The first-order chi connectivity index (χ1) is 13.6. The highest BCUT2D eigenvalue weighted by Gasteiger charge is 2.34. The van der Waals surface area contributed by atoms with Gasteiger partial charge in [0, 0.05) is 23.9 Å². The van der Waals surface area contributed by atoms with Crippen molar-refractivity contribution in [3.8, 4) is 17.0 Å². The second kappa shape index (κ2) is 7.20. The van der Waals surface area contributed by atoms with Gasteiger partial charge in [0.2, 0.25) is 0 Å². The molecule has 2 heterocycles. The fourth-order valence-electron chi connectivity index (χ4n) is 3.75. The Labute approximate surface area is 168 Å². The first-order valence-electron chi connectivity index (χ1n) is 9.11. The minimum Gasteiger partial charge on any atom is -0.496 e. The van der Waals surface area contributed by atoms with Crippen molar-refractivity contribution in [3.63, 3.8) is 0 Å². The van der Waals surface area contributed by atoms with E-state index in [1.165, 1.54) is 19.4 Å². The number of nitrogens with zero attached hydrogens (tertiary/aromatic N) is 2. The molecule has 0 spiro atoms. The van der Waals surface area contributed by atoms with Gasteiger partial charge in [-0.2, -0.15) is 0 Å². The number of aliphatic imine (C=N–C) groups is 1. The van der Waals surface area contributed by atoms with Crippen molar-refractivity contribution >= 4 is 18.1 Å². The molecule has 1 aromatic heterocycles. The minimum atomic E-state index is -1.24. The van der Waals surface area contributed by atoms with Crippen molar-refractivity contribution in [1.29, 1.82) is 5.41 Å². The molecule has 1 atom stereocenters. The van der Waals surface area contributed by atoms with Gasteiger partial charge in [-0.1, -0.05) is 20.8 Å². The summed E-state index contributed by atoms with van der Waals surface area (Å²) in [5.41, 5.74) is 7.94. The molecule has 3 rings (SSSR count). The number of carboxylic acid groups (broad SMARTS) is 1. The monoisotopic (exact) mass is 396 g/mol. The largest absolute Gasteiger partial charge is 0.496 e. The van der Waals surface area contributed by atoms with Crippen LogP contribution < -0.4 is 15.9 Å². The molecule has 1 aliphatic heterocycles. The van der Waals surface area contributed by atoms with E-state index in [1.807, 2.05) is 10.6 Å². The van der Waals surface area contributed by atoms with Crippen LogP contribution in [0.4, 0.5) is 0 Å². The number of hydrogen-bond acceptors (Lipinski definition) is 4. The van der Waals surface area contributed by atoms with Crippen LogP contribution >= 0.6 is 0 Å². The van der Waals surface area contributed by atoms with E-state index in [0.717, 1.165) is 17.5 Å². The summed E-state index contributed by atoms with van der Waals surface area (Å²) in [6, 6.07) is 4.94. The Morgan fingerprint density at radius 3 is 2.59 bits per heavy atom. The number of aromatic carboxylic acids is 1. The number of rotatable bonds is 4. The number of pyridine rings is 1. The predicted octanol–water partition coefficient (Wildman–Crippen LogP) is 2.68. The fraction of sp³-hybridized carbons (Fsp3) is 0.333. The molecular formula is C21H24N4O4. The SMILES string of the molecule is COc1cc2c(cc1C(N)=NC=N)CC(C(C)(C)C)n1cc(C(=O)O)c(=O)cc1-2. The molecule has 0 amide bonds. The summed E-state index contributed by atoms with van der Waals surface area (Å²) in [4.78, 5) is 27.8. The van der Waals surface area contributed by atoms with Crippen molar-refractivity contribution < 1.29 is 14.6 Å². The van der Waals surface area contributed by atoms with Gasteiger partial charge >= 0.3 is 5.97 Å². The number of hydrogen-bond donors (Lipinski definition) is 3. The number of carboxylic acids is 1. The zero-order valence-electron chi connectivity index (χ0n) is 16.8. The van der Waals surface area contributed by atoms with E-state index in [-0.39, 0.29) is 22.9 Å². The van der Waals surface area contributed by atoms with Gasteiger partial charge in [0.05, 0.1) is 18.4 Å². The van der Waals surface area contributed by atoms with Crippen LogP contribution in [0.5, 0.6) is 5.75 Å². The van der Waals surface area contributed by atoms with Crippen molar-refractivity contribution in [1.82, 2.24) is 4.57 Å². The second-order valence-electron chi connectivity index (χ2n) is 8.09. The summed E-state index contributed by atoms with van der Waals surface area (Å²) in [6.07, 6.45) is 2.92. The van der Waals surface area contributed by atoms with Crippen LogP contribution in [0.2, 0.25) is 0 Å². The Hall–Kier alpha value is -3.42. The number of fused-ring (bicyclic) bond motifs is 3. The Kier molecular flexibility index (Phi) is 5.04. The zero-order valence-corrected chi connectivity index (χ0v) is 16.8. The topological polar surface area (TPSA) is 131 Å². The van der Waals surface area contributed by atoms with E-state index >= 15 is 0 Å². The molecule has 2 aromatic rings. The first kappa shape index (κ1) is 20.3. The Morgan fingerprint density at radius 1 is 1.34 bits per heavy atom. The quantitative estimate of drug-likeness (QED) is 0.540. The lowest BCUT2D eigenvalue weighted by Crippen LogP contribution is -2.33. The molecule has 0 saturated heterocycles. The van der Waals surface area contributed by atoms with Gasteiger partial charge < -0.3 is 20.1 Å². The van der Waals surface area contributed by atoms with Crippen LogP contribution in [0.1, 0.15) is 48.3 Å². The van der Waals surface area contributed by atoms with Gasteiger partial charge in [-0.15, -0.1) is 0 Å². The van der Waals surface area contributed by atoms with Crippen molar-refractivity contribution in [2.45, 2.75) is 33.2 Å². The molecule has 1 aromatic carbocycles. The van der Waals surface area contributed by atoms with Gasteiger partial charge in [-0.3, -0.25) is 10.2 Å². The van der Waals surface area contributed by atoms with E-state index in [4.69, 9.17) is 15.9 Å². The van der Waals surface area contributed by atoms with E-state index < -0.39 is 11.4 Å². The lowest BCUT2D eigenvalue weighted by Gasteiger charge is -2.39. The normalized spacial score (nSPS) is 16.0. The number of nitrogens with two attached hydrogens (primary N) is 1. The highest BCUT2D eigenvalue weighted by Crippen LogP contribution is 2.44. The number of ether oxygens (including phenoxy) is 1. The molecule has 0 radical (unpaired) electrons. The summed E-state index contributed by atoms with van der Waals surface area (Å²) in [7, 11) is 1.50. The highest BCUT2D eigenvalue weighted by atomic mass is 16.5. The maximum absolute atomic E-state index is 12.4. The van der Waals surface area contributed by atoms with Gasteiger partial charge in [0.25, 0.3) is 0 Å². The maximum atomic E-state index is 12.4. The van der Waals surface area contributed by atoms with Crippen LogP contribution in [0, 0.1) is 10.8 Å². The summed E-state index contributed by atoms with van der Waals surface area (Å²) in [5, 5.41) is 16.6. The van der Waals surface area contributed by atoms with Gasteiger partial charge in [0.15, 0.2) is 5.43 Å². The van der Waals surface area contributed by atoms with Gasteiger partial charge in [-0.05, 0) is 29.5 Å². The number of methoxy groups -OCH3 is 1. The summed E-state index contributed by atoms with van der Waals surface area (Å²) >= 11 is 0. The molecule has 8 heteroatoms. The molecule has 152 valence electrons. The summed E-state index contributed by atoms with van der Waals surface area (Å²) in [5.74, 6) is -0.620. The van der Waals surface area contributed by atoms with E-state index in [2.05, 4.69) is 25.8 Å². The third-order valence-electron chi connectivity index (χ3n) is 5.24. The summed E-state index contributed by atoms with van der Waals surface area (Å²) < 4.78 is 7.34. The molecule has 4 N–H and O–H groups in total. The predicted molar refractivity (Wildman–Crippen MR) is 111 cm³/mol. The molecule has 1 aliphatic rings. The van der Waals surface area contributed by atoms with E-state index in [9.17, 15) is 14.7 Å².